The van der Waals surface area contributed by atoms with Crippen LogP contribution in [0.15, 0.2) is 108 Å². The Balaban J connectivity index is 1.64. The van der Waals surface area contributed by atoms with Crippen LogP contribution in [0.4, 0.5) is 5.69 Å². The molecule has 0 unspecified atom stereocenters. The molecule has 0 aliphatic heterocycles. The van der Waals surface area contributed by atoms with Crippen LogP contribution >= 0.6 is 0 Å². The molecule has 0 bridgehead atoms. The van der Waals surface area contributed by atoms with E-state index in [2.05, 4.69) is 11.1 Å². The van der Waals surface area contributed by atoms with Crippen LogP contribution in [0, 0.1) is 11.3 Å². The van der Waals surface area contributed by atoms with E-state index in [0.29, 0.717) is 38.6 Å². The van der Waals surface area contributed by atoms with Gasteiger partial charge in [-0.15, -0.1) is 0 Å². The van der Waals surface area contributed by atoms with E-state index in [9.17, 15) is 10.1 Å². The summed E-state index contributed by atoms with van der Waals surface area (Å²) in [5, 5.41) is 21.2. The number of nitriles is 1. The highest BCUT2D eigenvalue weighted by Crippen LogP contribution is 2.36. The molecule has 8 heteroatoms. The molecule has 0 amide bonds. The molecule has 8 nitrogen and oxygen atoms in total. The fourth-order valence-corrected chi connectivity index (χ4v) is 5.08. The van der Waals surface area contributed by atoms with Crippen LogP contribution < -0.4 is 11.3 Å². The minimum absolute atomic E-state index is 0.245. The largest absolute Gasteiger partial charge is 0.397 e. The van der Waals surface area contributed by atoms with E-state index in [4.69, 9.17) is 15.9 Å². The second-order valence-corrected chi connectivity index (χ2v) is 9.11. The average molecular weight is 506 g/mol. The van der Waals surface area contributed by atoms with Gasteiger partial charge in [-0.1, -0.05) is 78.9 Å². The Labute approximate surface area is 221 Å². The van der Waals surface area contributed by atoms with Crippen molar-refractivity contribution in [2.24, 2.45) is 0 Å². The van der Waals surface area contributed by atoms with Gasteiger partial charge in [-0.05, 0) is 23.8 Å². The van der Waals surface area contributed by atoms with Gasteiger partial charge in [0.15, 0.2) is 11.3 Å². The van der Waals surface area contributed by atoms with E-state index < -0.39 is 5.56 Å². The number of anilines is 1. The van der Waals surface area contributed by atoms with Crippen LogP contribution in [-0.4, -0.2) is 24.4 Å². The van der Waals surface area contributed by atoms with E-state index >= 15 is 0 Å². The molecule has 0 spiro atoms. The number of benzene rings is 4. The van der Waals surface area contributed by atoms with Crippen LogP contribution in [0.3, 0.4) is 0 Å². The van der Waals surface area contributed by atoms with Crippen LogP contribution in [0.1, 0.15) is 5.56 Å². The molecule has 0 radical (unpaired) electrons. The van der Waals surface area contributed by atoms with Crippen molar-refractivity contribution in [3.8, 4) is 34.1 Å². The Kier molecular flexibility index (Phi) is 4.96. The standard InChI is InChI=1S/C31H19N7O/c32-17-24-23(19-10-4-1-5-11-19)16-21-18-34-38-29(25(21)27(24)33)35-30(39)26-28(20-12-6-2-7-13-20)36-37(31(26)38)22-14-8-3-9-15-22/h1-16,18H,33H2. The number of hydrogen-bond acceptors (Lipinski definition) is 6. The van der Waals surface area contributed by atoms with E-state index in [-0.39, 0.29) is 11.3 Å². The second kappa shape index (κ2) is 8.64. The summed E-state index contributed by atoms with van der Waals surface area (Å²) in [6, 6.07) is 32.8. The summed E-state index contributed by atoms with van der Waals surface area (Å²) in [5.74, 6) is 0. The summed E-state index contributed by atoms with van der Waals surface area (Å²) in [6.45, 7) is 0. The molecule has 7 rings (SSSR count). The van der Waals surface area contributed by atoms with E-state index in [1.165, 1.54) is 0 Å². The predicted molar refractivity (Wildman–Crippen MR) is 151 cm³/mol. The Morgan fingerprint density at radius 2 is 1.46 bits per heavy atom. The Morgan fingerprint density at radius 1 is 0.821 bits per heavy atom. The van der Waals surface area contributed by atoms with Crippen LogP contribution in [0.25, 0.3) is 55.5 Å². The van der Waals surface area contributed by atoms with Gasteiger partial charge in [0, 0.05) is 16.5 Å². The van der Waals surface area contributed by atoms with Crippen molar-refractivity contribution in [2.75, 3.05) is 5.73 Å². The third-order valence-corrected chi connectivity index (χ3v) is 6.86. The SMILES string of the molecule is N#Cc1c(-c2ccccc2)cc2cnn3c(nc(=O)c4c(-c5ccccc5)nn(-c5ccccc5)c43)c2c1N. The molecule has 0 atom stereocenters. The molecule has 39 heavy (non-hydrogen) atoms. The molecule has 2 N–H and O–H groups in total. The van der Waals surface area contributed by atoms with Gasteiger partial charge in [0.2, 0.25) is 0 Å². The summed E-state index contributed by atoms with van der Waals surface area (Å²) in [7, 11) is 0. The Morgan fingerprint density at radius 3 is 2.13 bits per heavy atom. The number of aromatic nitrogens is 5. The van der Waals surface area contributed by atoms with Crippen molar-refractivity contribution >= 4 is 33.1 Å². The summed E-state index contributed by atoms with van der Waals surface area (Å²) >= 11 is 0. The molecule has 184 valence electrons. The maximum Gasteiger partial charge on any atom is 0.285 e. The number of nitrogens with two attached hydrogens (primary N) is 1. The maximum absolute atomic E-state index is 13.7. The van der Waals surface area contributed by atoms with Gasteiger partial charge >= 0.3 is 0 Å². The zero-order valence-corrected chi connectivity index (χ0v) is 20.5. The highest BCUT2D eigenvalue weighted by molar-refractivity contribution is 6.08. The van der Waals surface area contributed by atoms with Gasteiger partial charge in [-0.2, -0.15) is 25.0 Å². The fraction of sp³-hybridized carbons (Fsp3) is 0. The van der Waals surface area contributed by atoms with Crippen molar-refractivity contribution in [1.29, 1.82) is 5.26 Å². The smallest absolute Gasteiger partial charge is 0.285 e. The first-order valence-corrected chi connectivity index (χ1v) is 12.3. The minimum atomic E-state index is -0.453. The summed E-state index contributed by atoms with van der Waals surface area (Å²) < 4.78 is 3.29. The van der Waals surface area contributed by atoms with Gasteiger partial charge < -0.3 is 5.73 Å². The van der Waals surface area contributed by atoms with Crippen LogP contribution in [0.5, 0.6) is 0 Å². The predicted octanol–water partition coefficient (Wildman–Crippen LogP) is 5.37. The quantitative estimate of drug-likeness (QED) is 0.255. The van der Waals surface area contributed by atoms with Crippen LogP contribution in [-0.2, 0) is 0 Å². The molecular formula is C31H19N7O. The molecule has 0 saturated heterocycles. The Hall–Kier alpha value is -5.81. The lowest BCUT2D eigenvalue weighted by atomic mass is 9.95. The molecule has 7 aromatic rings. The van der Waals surface area contributed by atoms with Crippen LogP contribution in [0.2, 0.25) is 0 Å². The number of nitrogen functional groups attached to an aromatic ring is 1. The van der Waals surface area contributed by atoms with Crippen molar-refractivity contribution in [3.63, 3.8) is 0 Å². The first kappa shape index (κ1) is 22.4. The third-order valence-electron chi connectivity index (χ3n) is 6.86. The molecule has 4 aromatic carbocycles. The molecular weight excluding hydrogens is 486 g/mol. The van der Waals surface area contributed by atoms with E-state index in [0.717, 1.165) is 16.8 Å². The first-order valence-electron chi connectivity index (χ1n) is 12.3. The second-order valence-electron chi connectivity index (χ2n) is 9.11. The van der Waals surface area contributed by atoms with Gasteiger partial charge in [-0.25, -0.2) is 4.68 Å². The van der Waals surface area contributed by atoms with E-state index in [1.807, 2.05) is 97.1 Å². The monoisotopic (exact) mass is 505 g/mol. The number of fused-ring (bicyclic) bond motifs is 5. The number of nitrogens with zero attached hydrogens (tertiary/aromatic N) is 6. The third kappa shape index (κ3) is 3.38. The molecule has 0 saturated carbocycles. The zero-order chi connectivity index (χ0) is 26.5. The van der Waals surface area contributed by atoms with E-state index in [1.54, 1.807) is 15.4 Å². The van der Waals surface area contributed by atoms with Crippen molar-refractivity contribution < 1.29 is 0 Å². The molecule has 0 fully saturated rings. The highest BCUT2D eigenvalue weighted by atomic mass is 16.1. The van der Waals surface area contributed by atoms with Crippen molar-refractivity contribution in [3.05, 3.63) is 119 Å². The lowest BCUT2D eigenvalue weighted by Gasteiger charge is -2.13. The first-order chi connectivity index (χ1) is 19.2. The van der Waals surface area contributed by atoms with Gasteiger partial charge in [0.05, 0.1) is 28.5 Å². The summed E-state index contributed by atoms with van der Waals surface area (Å²) in [6.07, 6.45) is 1.68. The number of para-hydroxylation sites is 1. The maximum atomic E-state index is 13.7. The lowest BCUT2D eigenvalue weighted by Crippen LogP contribution is -2.14. The normalized spacial score (nSPS) is 11.3. The summed E-state index contributed by atoms with van der Waals surface area (Å²) in [4.78, 5) is 18.2. The molecule has 0 aliphatic rings. The number of hydrogen-bond donors (Lipinski definition) is 1. The zero-order valence-electron chi connectivity index (χ0n) is 20.5. The average Bonchev–Trinajstić information content (AvgIpc) is 3.40. The minimum Gasteiger partial charge on any atom is -0.397 e. The van der Waals surface area contributed by atoms with Crippen molar-refractivity contribution in [1.82, 2.24) is 24.4 Å². The molecule has 0 aliphatic carbocycles. The van der Waals surface area contributed by atoms with Gasteiger partial charge in [0.1, 0.15) is 17.1 Å². The van der Waals surface area contributed by atoms with Gasteiger partial charge in [0.25, 0.3) is 5.56 Å². The Bertz CT molecular complexity index is 2140. The molecule has 3 heterocycles. The topological polar surface area (TPSA) is 115 Å². The highest BCUT2D eigenvalue weighted by Gasteiger charge is 2.23. The van der Waals surface area contributed by atoms with Gasteiger partial charge in [-0.3, -0.25) is 4.79 Å². The lowest BCUT2D eigenvalue weighted by molar-refractivity contribution is 0.849. The number of rotatable bonds is 3. The summed E-state index contributed by atoms with van der Waals surface area (Å²) in [5.41, 5.74) is 11.1. The fourth-order valence-electron chi connectivity index (χ4n) is 5.08. The van der Waals surface area contributed by atoms with Crippen molar-refractivity contribution in [2.45, 2.75) is 0 Å². The molecule has 3 aromatic heterocycles.